The molecule has 7 nitrogen and oxygen atoms in total. The summed E-state index contributed by atoms with van der Waals surface area (Å²) in [5.74, 6) is 0.549. The van der Waals surface area contributed by atoms with Crippen LogP contribution in [0.2, 0.25) is 5.02 Å². The van der Waals surface area contributed by atoms with Crippen molar-refractivity contribution in [2.45, 2.75) is 32.4 Å². The summed E-state index contributed by atoms with van der Waals surface area (Å²) < 4.78 is 0. The summed E-state index contributed by atoms with van der Waals surface area (Å²) >= 11 is 6.10. The minimum atomic E-state index is -0.356. The first-order valence-electron chi connectivity index (χ1n) is 8.56. The van der Waals surface area contributed by atoms with Crippen LogP contribution in [0.15, 0.2) is 35.4 Å². The fourth-order valence-electron chi connectivity index (χ4n) is 3.05. The van der Waals surface area contributed by atoms with Crippen LogP contribution in [0.5, 0.6) is 0 Å². The van der Waals surface area contributed by atoms with E-state index in [0.717, 1.165) is 24.2 Å². The topological polar surface area (TPSA) is 90.1 Å². The number of carbonyl (C=O) groups is 1. The van der Waals surface area contributed by atoms with E-state index in [2.05, 4.69) is 20.6 Å². The van der Waals surface area contributed by atoms with Crippen molar-refractivity contribution in [1.29, 1.82) is 0 Å². The zero-order valence-corrected chi connectivity index (χ0v) is 15.5. The van der Waals surface area contributed by atoms with Gasteiger partial charge in [-0.25, -0.2) is 4.98 Å². The molecule has 2 unspecified atom stereocenters. The Bertz CT molecular complexity index is 853. The smallest absolute Gasteiger partial charge is 0.252 e. The summed E-state index contributed by atoms with van der Waals surface area (Å²) in [6.45, 7) is 5.20. The molecule has 0 radical (unpaired) electrons. The van der Waals surface area contributed by atoms with Crippen molar-refractivity contribution < 1.29 is 4.79 Å². The molecule has 1 aromatic carbocycles. The Morgan fingerprint density at radius 1 is 1.46 bits per heavy atom. The van der Waals surface area contributed by atoms with Crippen molar-refractivity contribution in [3.8, 4) is 0 Å². The Morgan fingerprint density at radius 2 is 2.27 bits per heavy atom. The monoisotopic (exact) mass is 375 g/mol. The van der Waals surface area contributed by atoms with Crippen molar-refractivity contribution in [2.24, 2.45) is 0 Å². The summed E-state index contributed by atoms with van der Waals surface area (Å²) in [5, 5.41) is 6.89. The normalized spacial score (nSPS) is 18.0. The highest BCUT2D eigenvalue weighted by Gasteiger charge is 2.26. The zero-order chi connectivity index (χ0) is 18.7. The highest BCUT2D eigenvalue weighted by atomic mass is 35.5. The Hall–Kier alpha value is -2.38. The van der Waals surface area contributed by atoms with E-state index < -0.39 is 0 Å². The standard InChI is InChI=1S/C18H22ClN5O2/c1-11-14(19)4-3-5-15(11)23-18(26)12(2)22-13-6-7-24(9-13)16-8-17(25)21-10-20-16/h3-5,8,10,12-13,22H,6-7,9H2,1-2H3,(H,23,26)(H,20,21,25). The van der Waals surface area contributed by atoms with Gasteiger partial charge in [-0.05, 0) is 38.0 Å². The van der Waals surface area contributed by atoms with Gasteiger partial charge in [0.25, 0.3) is 5.56 Å². The van der Waals surface area contributed by atoms with E-state index in [0.29, 0.717) is 17.4 Å². The number of nitrogens with zero attached hydrogens (tertiary/aromatic N) is 2. The quantitative estimate of drug-likeness (QED) is 0.743. The van der Waals surface area contributed by atoms with Gasteiger partial charge >= 0.3 is 0 Å². The molecule has 1 aromatic heterocycles. The predicted octanol–water partition coefficient (Wildman–Crippen LogP) is 1.93. The van der Waals surface area contributed by atoms with Crippen LogP contribution >= 0.6 is 11.6 Å². The van der Waals surface area contributed by atoms with E-state index in [4.69, 9.17) is 11.6 Å². The SMILES string of the molecule is Cc1c(Cl)cccc1NC(=O)C(C)NC1CCN(c2cc(=O)[nH]cn2)C1. The number of carbonyl (C=O) groups excluding carboxylic acids is 1. The predicted molar refractivity (Wildman–Crippen MR) is 103 cm³/mol. The lowest BCUT2D eigenvalue weighted by molar-refractivity contribution is -0.117. The largest absolute Gasteiger partial charge is 0.355 e. The lowest BCUT2D eigenvalue weighted by Crippen LogP contribution is -2.45. The Morgan fingerprint density at radius 3 is 3.04 bits per heavy atom. The van der Waals surface area contributed by atoms with E-state index in [1.807, 2.05) is 30.9 Å². The number of aromatic amines is 1. The molecule has 1 amide bonds. The molecule has 138 valence electrons. The number of nitrogens with one attached hydrogen (secondary N) is 3. The molecular weight excluding hydrogens is 354 g/mol. The van der Waals surface area contributed by atoms with Crippen molar-refractivity contribution in [3.05, 3.63) is 51.5 Å². The molecule has 0 bridgehead atoms. The molecule has 26 heavy (non-hydrogen) atoms. The van der Waals surface area contributed by atoms with Gasteiger partial charge in [-0.1, -0.05) is 17.7 Å². The fourth-order valence-corrected chi connectivity index (χ4v) is 3.22. The van der Waals surface area contributed by atoms with Gasteiger partial charge in [-0.3, -0.25) is 9.59 Å². The highest BCUT2D eigenvalue weighted by Crippen LogP contribution is 2.23. The van der Waals surface area contributed by atoms with Crippen LogP contribution in [0, 0.1) is 6.92 Å². The number of halogens is 1. The highest BCUT2D eigenvalue weighted by molar-refractivity contribution is 6.31. The Balaban J connectivity index is 1.56. The number of benzene rings is 1. The van der Waals surface area contributed by atoms with E-state index in [1.165, 1.54) is 12.4 Å². The minimum Gasteiger partial charge on any atom is -0.355 e. The lowest BCUT2D eigenvalue weighted by atomic mass is 10.1. The van der Waals surface area contributed by atoms with Gasteiger partial charge in [0.15, 0.2) is 0 Å². The van der Waals surface area contributed by atoms with E-state index in [9.17, 15) is 9.59 Å². The summed E-state index contributed by atoms with van der Waals surface area (Å²) in [5.41, 5.74) is 1.40. The molecule has 8 heteroatoms. The van der Waals surface area contributed by atoms with Crippen molar-refractivity contribution in [2.75, 3.05) is 23.3 Å². The van der Waals surface area contributed by atoms with Crippen molar-refractivity contribution in [3.63, 3.8) is 0 Å². The summed E-state index contributed by atoms with van der Waals surface area (Å²) in [6.07, 6.45) is 2.28. The van der Waals surface area contributed by atoms with Gasteiger partial charge in [0.1, 0.15) is 5.82 Å². The van der Waals surface area contributed by atoms with Gasteiger partial charge in [0.2, 0.25) is 5.91 Å². The van der Waals surface area contributed by atoms with Crippen LogP contribution in [-0.2, 0) is 4.79 Å². The van der Waals surface area contributed by atoms with Crippen LogP contribution in [0.1, 0.15) is 18.9 Å². The summed E-state index contributed by atoms with van der Waals surface area (Å²) in [4.78, 5) is 32.6. The molecule has 0 aliphatic carbocycles. The molecular formula is C18H22ClN5O2. The van der Waals surface area contributed by atoms with Gasteiger partial charge in [0, 0.05) is 35.9 Å². The van der Waals surface area contributed by atoms with Gasteiger partial charge in [0.05, 0.1) is 12.4 Å². The van der Waals surface area contributed by atoms with Crippen LogP contribution in [0.25, 0.3) is 0 Å². The van der Waals surface area contributed by atoms with Crippen LogP contribution in [0.3, 0.4) is 0 Å². The van der Waals surface area contributed by atoms with E-state index in [1.54, 1.807) is 6.07 Å². The molecule has 0 saturated carbocycles. The fraction of sp³-hybridized carbons (Fsp3) is 0.389. The minimum absolute atomic E-state index is 0.108. The molecule has 1 fully saturated rings. The first-order chi connectivity index (χ1) is 12.4. The maximum atomic E-state index is 12.5. The van der Waals surface area contributed by atoms with E-state index in [-0.39, 0.29) is 23.6 Å². The van der Waals surface area contributed by atoms with Crippen molar-refractivity contribution in [1.82, 2.24) is 15.3 Å². The third kappa shape index (κ3) is 4.23. The average molecular weight is 376 g/mol. The maximum Gasteiger partial charge on any atom is 0.252 e. The molecule has 2 heterocycles. The first-order valence-corrected chi connectivity index (χ1v) is 8.93. The second-order valence-corrected chi connectivity index (χ2v) is 6.90. The third-order valence-corrected chi connectivity index (χ3v) is 4.99. The lowest BCUT2D eigenvalue weighted by Gasteiger charge is -2.21. The number of anilines is 2. The third-order valence-electron chi connectivity index (χ3n) is 4.58. The number of amides is 1. The van der Waals surface area contributed by atoms with Crippen LogP contribution in [-0.4, -0.2) is 41.0 Å². The number of H-pyrrole nitrogens is 1. The van der Waals surface area contributed by atoms with E-state index >= 15 is 0 Å². The second-order valence-electron chi connectivity index (χ2n) is 6.49. The molecule has 0 spiro atoms. The van der Waals surface area contributed by atoms with Crippen LogP contribution < -0.4 is 21.1 Å². The van der Waals surface area contributed by atoms with Gasteiger partial charge in [-0.2, -0.15) is 0 Å². The summed E-state index contributed by atoms with van der Waals surface area (Å²) in [7, 11) is 0. The second kappa shape index (κ2) is 7.88. The molecule has 2 aromatic rings. The Labute approximate surface area is 156 Å². The average Bonchev–Trinajstić information content (AvgIpc) is 3.07. The molecule has 2 atom stereocenters. The first kappa shape index (κ1) is 18.4. The molecule has 3 rings (SSSR count). The number of hydrogen-bond donors (Lipinski definition) is 3. The maximum absolute atomic E-state index is 12.5. The Kier molecular flexibility index (Phi) is 5.58. The van der Waals surface area contributed by atoms with Gasteiger partial charge in [-0.15, -0.1) is 0 Å². The molecule has 1 aliphatic rings. The number of rotatable bonds is 5. The zero-order valence-electron chi connectivity index (χ0n) is 14.8. The van der Waals surface area contributed by atoms with Crippen molar-refractivity contribution >= 4 is 29.0 Å². The molecule has 1 saturated heterocycles. The van der Waals surface area contributed by atoms with Crippen LogP contribution in [0.4, 0.5) is 11.5 Å². The van der Waals surface area contributed by atoms with Gasteiger partial charge < -0.3 is 20.5 Å². The number of hydrogen-bond acceptors (Lipinski definition) is 5. The molecule has 3 N–H and O–H groups in total. The molecule has 1 aliphatic heterocycles. The number of aromatic nitrogens is 2. The summed E-state index contributed by atoms with van der Waals surface area (Å²) in [6, 6.07) is 6.72.